The first-order valence-electron chi connectivity index (χ1n) is 7.13. The average Bonchev–Trinajstić information content (AvgIpc) is 2.33. The van der Waals surface area contributed by atoms with E-state index in [0.29, 0.717) is 0 Å². The fourth-order valence-electron chi connectivity index (χ4n) is 2.33. The molecule has 1 N–H and O–H groups in total. The molecule has 1 fully saturated rings. The zero-order valence-electron chi connectivity index (χ0n) is 11.9. The van der Waals surface area contributed by atoms with E-state index in [2.05, 4.69) is 56.7 Å². The molecule has 3 heteroatoms. The van der Waals surface area contributed by atoms with Crippen molar-refractivity contribution in [2.75, 3.05) is 12.8 Å². The van der Waals surface area contributed by atoms with Crippen LogP contribution in [-0.2, 0) is 0 Å². The summed E-state index contributed by atoms with van der Waals surface area (Å²) >= 11 is 4.37. The Bertz CT molecular complexity index is 199. The average molecular weight is 276 g/mol. The summed E-state index contributed by atoms with van der Waals surface area (Å²) in [6.45, 7) is 7.04. The van der Waals surface area contributed by atoms with Crippen molar-refractivity contribution in [2.45, 2.75) is 74.7 Å². The van der Waals surface area contributed by atoms with Crippen LogP contribution in [0.2, 0.25) is 0 Å². The van der Waals surface area contributed by atoms with E-state index in [0.717, 1.165) is 21.8 Å². The molecule has 0 amide bonds. The van der Waals surface area contributed by atoms with Crippen molar-refractivity contribution in [1.29, 1.82) is 0 Å². The fourth-order valence-corrected chi connectivity index (χ4v) is 5.54. The van der Waals surface area contributed by atoms with E-state index in [1.165, 1.54) is 37.9 Å². The summed E-state index contributed by atoms with van der Waals surface area (Å²) in [7, 11) is 2.14. The minimum absolute atomic E-state index is 0.722. The summed E-state index contributed by atoms with van der Waals surface area (Å²) in [5.74, 6) is 1.33. The number of rotatable bonds is 7. The van der Waals surface area contributed by atoms with Crippen molar-refractivity contribution < 1.29 is 0 Å². The molecule has 0 aromatic heterocycles. The Hall–Kier alpha value is 0.660. The summed E-state index contributed by atoms with van der Waals surface area (Å²) in [6, 6.07) is 0.722. The third-order valence-electron chi connectivity index (χ3n) is 3.76. The van der Waals surface area contributed by atoms with Gasteiger partial charge in [0.15, 0.2) is 0 Å². The van der Waals surface area contributed by atoms with Crippen LogP contribution < -0.4 is 5.32 Å². The Balaban J connectivity index is 2.29. The second-order valence-corrected chi connectivity index (χ2v) is 8.19. The maximum absolute atomic E-state index is 3.55. The maximum Gasteiger partial charge on any atom is 0.0294 e. The van der Waals surface area contributed by atoms with Crippen molar-refractivity contribution in [2.24, 2.45) is 0 Å². The molecule has 0 saturated carbocycles. The van der Waals surface area contributed by atoms with Gasteiger partial charge in [-0.3, -0.25) is 0 Å². The largest absolute Gasteiger partial charge is 0.316 e. The molecule has 1 aliphatic heterocycles. The smallest absolute Gasteiger partial charge is 0.0294 e. The van der Waals surface area contributed by atoms with Crippen LogP contribution in [-0.4, -0.2) is 34.6 Å². The first-order valence-corrected chi connectivity index (χ1v) is 9.12. The zero-order valence-corrected chi connectivity index (χ0v) is 13.5. The van der Waals surface area contributed by atoms with E-state index in [1.54, 1.807) is 0 Å². The van der Waals surface area contributed by atoms with E-state index in [4.69, 9.17) is 0 Å². The topological polar surface area (TPSA) is 12.0 Å². The first-order chi connectivity index (χ1) is 8.19. The zero-order chi connectivity index (χ0) is 12.7. The Morgan fingerprint density at radius 1 is 1.18 bits per heavy atom. The van der Waals surface area contributed by atoms with Crippen molar-refractivity contribution in [1.82, 2.24) is 5.32 Å². The number of hydrogen-bond donors (Lipinski definition) is 1. The molecule has 1 aliphatic rings. The van der Waals surface area contributed by atoms with Gasteiger partial charge >= 0.3 is 0 Å². The summed E-state index contributed by atoms with van der Waals surface area (Å²) in [4.78, 5) is 0. The second kappa shape index (κ2) is 8.71. The molecule has 4 unspecified atom stereocenters. The molecule has 0 aromatic carbocycles. The van der Waals surface area contributed by atoms with Gasteiger partial charge in [0.1, 0.15) is 0 Å². The minimum atomic E-state index is 0.722. The van der Waals surface area contributed by atoms with E-state index in [9.17, 15) is 0 Å². The number of unbranched alkanes of at least 4 members (excludes halogenated alkanes) is 3. The van der Waals surface area contributed by atoms with Crippen molar-refractivity contribution >= 4 is 23.5 Å². The normalized spacial score (nSPS) is 31.4. The van der Waals surface area contributed by atoms with Crippen LogP contribution in [0.3, 0.4) is 0 Å². The first kappa shape index (κ1) is 15.7. The van der Waals surface area contributed by atoms with Crippen molar-refractivity contribution in [3.63, 3.8) is 0 Å². The Kier molecular flexibility index (Phi) is 8.05. The van der Waals surface area contributed by atoms with Gasteiger partial charge in [0.05, 0.1) is 0 Å². The standard InChI is InChI=1S/C14H29NS2/c1-5-6-7-8-9-13(15-4)14-10-16-11(2)12(3)17-14/h11-15H,5-10H2,1-4H3. The number of nitrogens with one attached hydrogen (secondary N) is 1. The molecule has 102 valence electrons. The predicted molar refractivity (Wildman–Crippen MR) is 84.4 cm³/mol. The van der Waals surface area contributed by atoms with E-state index in [-0.39, 0.29) is 0 Å². The molecule has 1 nitrogen and oxygen atoms in total. The van der Waals surface area contributed by atoms with Gasteiger partial charge in [0.25, 0.3) is 0 Å². The van der Waals surface area contributed by atoms with Gasteiger partial charge in [-0.1, -0.05) is 46.5 Å². The molecule has 1 saturated heterocycles. The molecule has 0 spiro atoms. The van der Waals surface area contributed by atoms with Gasteiger partial charge in [0, 0.05) is 27.5 Å². The van der Waals surface area contributed by atoms with Crippen LogP contribution in [0.5, 0.6) is 0 Å². The minimum Gasteiger partial charge on any atom is -0.316 e. The molecule has 0 radical (unpaired) electrons. The monoisotopic (exact) mass is 275 g/mol. The molecule has 1 heterocycles. The quantitative estimate of drug-likeness (QED) is 0.700. The van der Waals surface area contributed by atoms with E-state index >= 15 is 0 Å². The lowest BCUT2D eigenvalue weighted by Gasteiger charge is -2.36. The third kappa shape index (κ3) is 5.44. The van der Waals surface area contributed by atoms with Crippen LogP contribution in [0.15, 0.2) is 0 Å². The Morgan fingerprint density at radius 2 is 1.94 bits per heavy atom. The number of hydrogen-bond acceptors (Lipinski definition) is 3. The van der Waals surface area contributed by atoms with Crippen LogP contribution in [0.25, 0.3) is 0 Å². The van der Waals surface area contributed by atoms with Gasteiger partial charge in [-0.15, -0.1) is 0 Å². The lowest BCUT2D eigenvalue weighted by Crippen LogP contribution is -2.41. The van der Waals surface area contributed by atoms with Crippen LogP contribution >= 0.6 is 23.5 Å². The highest BCUT2D eigenvalue weighted by Crippen LogP contribution is 2.37. The van der Waals surface area contributed by atoms with Crippen LogP contribution in [0, 0.1) is 0 Å². The molecular weight excluding hydrogens is 246 g/mol. The summed E-state index contributed by atoms with van der Waals surface area (Å²) in [5, 5.41) is 6.01. The SMILES string of the molecule is CCCCCCC(NC)C1CSC(C)C(C)S1. The highest BCUT2D eigenvalue weighted by Gasteiger charge is 2.30. The molecule has 4 atom stereocenters. The summed E-state index contributed by atoms with van der Waals surface area (Å²) < 4.78 is 0. The van der Waals surface area contributed by atoms with Crippen molar-refractivity contribution in [3.8, 4) is 0 Å². The fraction of sp³-hybridized carbons (Fsp3) is 1.00. The van der Waals surface area contributed by atoms with Crippen molar-refractivity contribution in [3.05, 3.63) is 0 Å². The van der Waals surface area contributed by atoms with Gasteiger partial charge in [-0.25, -0.2) is 0 Å². The van der Waals surface area contributed by atoms with Crippen LogP contribution in [0.1, 0.15) is 52.9 Å². The molecule has 0 aromatic rings. The summed E-state index contributed by atoms with van der Waals surface area (Å²) in [6.07, 6.45) is 6.90. The van der Waals surface area contributed by atoms with Gasteiger partial charge in [-0.05, 0) is 13.5 Å². The molecule has 1 rings (SSSR count). The molecular formula is C14H29NS2. The molecule has 0 aliphatic carbocycles. The highest BCUT2D eigenvalue weighted by molar-refractivity contribution is 8.07. The second-order valence-electron chi connectivity index (χ2n) is 5.16. The van der Waals surface area contributed by atoms with Crippen LogP contribution in [0.4, 0.5) is 0 Å². The lowest BCUT2D eigenvalue weighted by atomic mass is 10.1. The molecule has 0 bridgehead atoms. The van der Waals surface area contributed by atoms with Gasteiger partial charge < -0.3 is 5.32 Å². The summed E-state index contributed by atoms with van der Waals surface area (Å²) in [5.41, 5.74) is 0. The Labute approximate surface area is 116 Å². The third-order valence-corrected chi connectivity index (χ3v) is 7.31. The number of thioether (sulfide) groups is 2. The Morgan fingerprint density at radius 3 is 2.53 bits per heavy atom. The maximum atomic E-state index is 3.55. The molecule has 17 heavy (non-hydrogen) atoms. The predicted octanol–water partition coefficient (Wildman–Crippen LogP) is 4.17. The van der Waals surface area contributed by atoms with E-state index < -0.39 is 0 Å². The van der Waals surface area contributed by atoms with Gasteiger partial charge in [0.2, 0.25) is 0 Å². The lowest BCUT2D eigenvalue weighted by molar-refractivity contribution is 0.484. The highest BCUT2D eigenvalue weighted by atomic mass is 32.2. The van der Waals surface area contributed by atoms with E-state index in [1.807, 2.05) is 0 Å². The van der Waals surface area contributed by atoms with Gasteiger partial charge in [-0.2, -0.15) is 23.5 Å².